The Morgan fingerprint density at radius 1 is 0.667 bits per heavy atom. The fourth-order valence-corrected chi connectivity index (χ4v) is 3.00. The zero-order chi connectivity index (χ0) is 23.5. The predicted molar refractivity (Wildman–Crippen MR) is 123 cm³/mol. The van der Waals surface area contributed by atoms with Crippen LogP contribution in [0.4, 0.5) is 0 Å². The van der Waals surface area contributed by atoms with Crippen LogP contribution < -0.4 is 0 Å². The van der Waals surface area contributed by atoms with Gasteiger partial charge in [0.2, 0.25) is 0 Å². The van der Waals surface area contributed by atoms with Gasteiger partial charge in [0.1, 0.15) is 18.8 Å². The molecule has 0 heterocycles. The van der Waals surface area contributed by atoms with Gasteiger partial charge in [-0.05, 0) is 36.4 Å². The standard InChI is InChI=1S/C27H24O6/c1-2-23(32-26(29)21-14-8-4-9-15-21)18-24(33-27(30)22-16-10-5-11-17-22)19-31-25(28)20-12-6-3-7-13-20/h2-17,23-24H,1,18-19H2/t23?,24-/m1/s1. The van der Waals surface area contributed by atoms with Crippen LogP contribution in [0.2, 0.25) is 0 Å². The van der Waals surface area contributed by atoms with Gasteiger partial charge in [-0.1, -0.05) is 67.3 Å². The minimum Gasteiger partial charge on any atom is -0.458 e. The molecular formula is C27H24O6. The number of esters is 3. The molecule has 0 fully saturated rings. The van der Waals surface area contributed by atoms with E-state index in [4.69, 9.17) is 14.2 Å². The largest absolute Gasteiger partial charge is 0.458 e. The van der Waals surface area contributed by atoms with E-state index in [1.54, 1.807) is 91.0 Å². The summed E-state index contributed by atoms with van der Waals surface area (Å²) in [5, 5.41) is 0. The van der Waals surface area contributed by atoms with E-state index >= 15 is 0 Å². The highest BCUT2D eigenvalue weighted by Gasteiger charge is 2.24. The molecule has 0 amide bonds. The maximum Gasteiger partial charge on any atom is 0.338 e. The lowest BCUT2D eigenvalue weighted by Crippen LogP contribution is -2.31. The molecule has 0 N–H and O–H groups in total. The lowest BCUT2D eigenvalue weighted by molar-refractivity contribution is -0.0167. The second kappa shape index (κ2) is 12.0. The molecule has 0 aliphatic carbocycles. The van der Waals surface area contributed by atoms with Crippen molar-refractivity contribution in [3.63, 3.8) is 0 Å². The minimum absolute atomic E-state index is 0.0721. The summed E-state index contributed by atoms with van der Waals surface area (Å²) in [5.41, 5.74) is 1.12. The molecule has 33 heavy (non-hydrogen) atoms. The maximum absolute atomic E-state index is 12.6. The van der Waals surface area contributed by atoms with Crippen molar-refractivity contribution in [3.05, 3.63) is 120 Å². The monoisotopic (exact) mass is 444 g/mol. The number of carbonyl (C=O) groups excluding carboxylic acids is 3. The van der Waals surface area contributed by atoms with Crippen molar-refractivity contribution >= 4 is 17.9 Å². The summed E-state index contributed by atoms with van der Waals surface area (Å²) in [6, 6.07) is 25.5. The number of ether oxygens (including phenoxy) is 3. The van der Waals surface area contributed by atoms with Gasteiger partial charge in [-0.15, -0.1) is 0 Å². The Hall–Kier alpha value is -4.19. The third-order valence-electron chi connectivity index (χ3n) is 4.72. The van der Waals surface area contributed by atoms with Gasteiger partial charge >= 0.3 is 17.9 Å². The molecule has 0 saturated heterocycles. The molecule has 0 bridgehead atoms. The summed E-state index contributed by atoms with van der Waals surface area (Å²) >= 11 is 0. The number of hydrogen-bond acceptors (Lipinski definition) is 6. The van der Waals surface area contributed by atoms with Gasteiger partial charge in [-0.2, -0.15) is 0 Å². The highest BCUT2D eigenvalue weighted by molar-refractivity contribution is 5.90. The van der Waals surface area contributed by atoms with Crippen molar-refractivity contribution < 1.29 is 28.6 Å². The Bertz CT molecular complexity index is 1060. The number of benzene rings is 3. The average molecular weight is 444 g/mol. The first-order chi connectivity index (χ1) is 16.1. The molecule has 3 aromatic rings. The molecule has 2 atom stereocenters. The minimum atomic E-state index is -0.864. The van der Waals surface area contributed by atoms with Crippen LogP contribution in [0.25, 0.3) is 0 Å². The molecule has 0 radical (unpaired) electrons. The normalized spacial score (nSPS) is 12.1. The summed E-state index contributed by atoms with van der Waals surface area (Å²) in [6.07, 6.45) is -0.106. The molecule has 1 unspecified atom stereocenters. The van der Waals surface area contributed by atoms with Crippen molar-refractivity contribution in [1.82, 2.24) is 0 Å². The highest BCUT2D eigenvalue weighted by Crippen LogP contribution is 2.15. The van der Waals surface area contributed by atoms with Crippen LogP contribution in [0.15, 0.2) is 104 Å². The Morgan fingerprint density at radius 3 is 1.55 bits per heavy atom. The molecule has 6 heteroatoms. The van der Waals surface area contributed by atoms with Crippen LogP contribution in [0.3, 0.4) is 0 Å². The first-order valence-electron chi connectivity index (χ1n) is 10.4. The van der Waals surface area contributed by atoms with Crippen molar-refractivity contribution in [2.24, 2.45) is 0 Å². The highest BCUT2D eigenvalue weighted by atomic mass is 16.6. The Morgan fingerprint density at radius 2 is 1.09 bits per heavy atom. The first kappa shape index (κ1) is 23.5. The molecule has 3 rings (SSSR count). The second-order valence-electron chi connectivity index (χ2n) is 7.14. The van der Waals surface area contributed by atoms with Gasteiger partial charge in [0.25, 0.3) is 0 Å². The third kappa shape index (κ3) is 7.18. The SMILES string of the molecule is C=CC(C[C@H](COC(=O)c1ccccc1)OC(=O)c1ccccc1)OC(=O)c1ccccc1. The fraction of sp³-hybridized carbons (Fsp3) is 0.148. The third-order valence-corrected chi connectivity index (χ3v) is 4.72. The zero-order valence-corrected chi connectivity index (χ0v) is 18.0. The fourth-order valence-electron chi connectivity index (χ4n) is 3.00. The lowest BCUT2D eigenvalue weighted by Gasteiger charge is -2.22. The van der Waals surface area contributed by atoms with E-state index in [1.807, 2.05) is 0 Å². The van der Waals surface area contributed by atoms with E-state index in [0.29, 0.717) is 16.7 Å². The van der Waals surface area contributed by atoms with Gasteiger partial charge in [0.15, 0.2) is 0 Å². The molecule has 168 valence electrons. The van der Waals surface area contributed by atoms with Crippen molar-refractivity contribution in [1.29, 1.82) is 0 Å². The van der Waals surface area contributed by atoms with Crippen LogP contribution in [0.5, 0.6) is 0 Å². The molecular weight excluding hydrogens is 420 g/mol. The first-order valence-corrected chi connectivity index (χ1v) is 10.4. The van der Waals surface area contributed by atoms with E-state index in [2.05, 4.69) is 6.58 Å². The summed E-state index contributed by atoms with van der Waals surface area (Å²) in [4.78, 5) is 37.4. The molecule has 0 aliphatic rings. The van der Waals surface area contributed by atoms with Crippen molar-refractivity contribution in [3.8, 4) is 0 Å². The summed E-state index contributed by atoms with van der Waals surface area (Å²) in [6.45, 7) is 3.51. The molecule has 6 nitrogen and oxygen atoms in total. The van der Waals surface area contributed by atoms with Gasteiger partial charge in [0, 0.05) is 6.42 Å². The summed E-state index contributed by atoms with van der Waals surface area (Å²) < 4.78 is 16.5. The topological polar surface area (TPSA) is 78.9 Å². The van der Waals surface area contributed by atoms with E-state index in [0.717, 1.165) is 0 Å². The average Bonchev–Trinajstić information content (AvgIpc) is 2.88. The summed E-state index contributed by atoms with van der Waals surface area (Å²) in [5.74, 6) is -1.66. The molecule has 0 saturated carbocycles. The Labute approximate surface area is 192 Å². The molecule has 0 spiro atoms. The number of carbonyl (C=O) groups is 3. The van der Waals surface area contributed by atoms with Crippen LogP contribution in [0.1, 0.15) is 37.5 Å². The van der Waals surface area contributed by atoms with E-state index in [-0.39, 0.29) is 13.0 Å². The quantitative estimate of drug-likeness (QED) is 0.252. The lowest BCUT2D eigenvalue weighted by atomic mass is 10.1. The Kier molecular flexibility index (Phi) is 8.54. The predicted octanol–water partition coefficient (Wildman–Crippen LogP) is 4.87. The van der Waals surface area contributed by atoms with E-state index < -0.39 is 30.1 Å². The van der Waals surface area contributed by atoms with E-state index in [9.17, 15) is 14.4 Å². The second-order valence-corrected chi connectivity index (χ2v) is 7.14. The summed E-state index contributed by atoms with van der Waals surface area (Å²) in [7, 11) is 0. The van der Waals surface area contributed by atoms with Gasteiger partial charge in [0.05, 0.1) is 16.7 Å². The van der Waals surface area contributed by atoms with Crippen molar-refractivity contribution in [2.45, 2.75) is 18.6 Å². The van der Waals surface area contributed by atoms with Crippen LogP contribution in [-0.4, -0.2) is 36.7 Å². The molecule has 0 aliphatic heterocycles. The van der Waals surface area contributed by atoms with Gasteiger partial charge in [-0.3, -0.25) is 0 Å². The van der Waals surface area contributed by atoms with Gasteiger partial charge in [-0.25, -0.2) is 14.4 Å². The maximum atomic E-state index is 12.6. The van der Waals surface area contributed by atoms with Crippen LogP contribution >= 0.6 is 0 Å². The van der Waals surface area contributed by atoms with Crippen LogP contribution in [-0.2, 0) is 14.2 Å². The zero-order valence-electron chi connectivity index (χ0n) is 18.0. The number of rotatable bonds is 10. The Balaban J connectivity index is 1.69. The van der Waals surface area contributed by atoms with Crippen molar-refractivity contribution in [2.75, 3.05) is 6.61 Å². The van der Waals surface area contributed by atoms with Crippen LogP contribution in [0, 0.1) is 0 Å². The molecule has 0 aromatic heterocycles. The number of hydrogen-bond donors (Lipinski definition) is 0. The van der Waals surface area contributed by atoms with Gasteiger partial charge < -0.3 is 14.2 Å². The van der Waals surface area contributed by atoms with E-state index in [1.165, 1.54) is 6.08 Å². The smallest absolute Gasteiger partial charge is 0.338 e. The molecule has 3 aromatic carbocycles.